The van der Waals surface area contributed by atoms with Crippen LogP contribution < -0.4 is 10.6 Å². The van der Waals surface area contributed by atoms with Gasteiger partial charge in [0.25, 0.3) is 12.3 Å². The van der Waals surface area contributed by atoms with Crippen LogP contribution in [0.2, 0.25) is 0 Å². The highest BCUT2D eigenvalue weighted by Crippen LogP contribution is 2.40. The summed E-state index contributed by atoms with van der Waals surface area (Å²) in [6.45, 7) is 1.40. The van der Waals surface area contributed by atoms with Crippen LogP contribution in [0.3, 0.4) is 0 Å². The van der Waals surface area contributed by atoms with Crippen molar-refractivity contribution in [3.8, 4) is 0 Å². The second-order valence-electron chi connectivity index (χ2n) is 6.69. The highest BCUT2D eigenvalue weighted by Gasteiger charge is 2.28. The molecule has 0 radical (unpaired) electrons. The number of carbonyl (C=O) groups is 2. The topological polar surface area (TPSA) is 88.4 Å². The Kier molecular flexibility index (Phi) is 4.50. The Hall–Kier alpha value is -3.36. The predicted octanol–water partition coefficient (Wildman–Crippen LogP) is 3.76. The Morgan fingerprint density at radius 1 is 1.11 bits per heavy atom. The molecule has 9 heteroatoms. The van der Waals surface area contributed by atoms with Gasteiger partial charge in [-0.25, -0.2) is 18.3 Å². The van der Waals surface area contributed by atoms with Crippen LogP contribution in [0.1, 0.15) is 54.0 Å². The van der Waals surface area contributed by atoms with Crippen LogP contribution in [0, 0.1) is 0 Å². The summed E-state index contributed by atoms with van der Waals surface area (Å²) >= 11 is 0. The molecule has 1 aliphatic carbocycles. The van der Waals surface area contributed by atoms with Crippen LogP contribution in [0.4, 0.5) is 20.2 Å². The lowest BCUT2D eigenvalue weighted by atomic mass is 10.2. The molecule has 2 N–H and O–H groups in total. The molecule has 1 fully saturated rings. The number of halogens is 2. The molecule has 1 aliphatic rings. The first kappa shape index (κ1) is 18.0. The molecule has 2 amide bonds. The van der Waals surface area contributed by atoms with Gasteiger partial charge in [0.05, 0.1) is 0 Å². The van der Waals surface area contributed by atoms with E-state index in [1.54, 1.807) is 24.3 Å². The van der Waals surface area contributed by atoms with Gasteiger partial charge in [-0.2, -0.15) is 5.10 Å². The summed E-state index contributed by atoms with van der Waals surface area (Å²) in [4.78, 5) is 27.9. The van der Waals surface area contributed by atoms with Gasteiger partial charge in [-0.05, 0) is 43.2 Å². The van der Waals surface area contributed by atoms with Gasteiger partial charge in [0.1, 0.15) is 5.69 Å². The lowest BCUT2D eigenvalue weighted by molar-refractivity contribution is -0.114. The van der Waals surface area contributed by atoms with Gasteiger partial charge < -0.3 is 10.6 Å². The molecule has 2 aromatic heterocycles. The maximum Gasteiger partial charge on any atom is 0.280 e. The first-order chi connectivity index (χ1) is 13.4. The fourth-order valence-corrected chi connectivity index (χ4v) is 2.91. The fraction of sp³-hybridized carbons (Fsp3) is 0.263. The molecule has 0 bridgehead atoms. The zero-order valence-corrected chi connectivity index (χ0v) is 14.9. The zero-order valence-electron chi connectivity index (χ0n) is 14.9. The van der Waals surface area contributed by atoms with E-state index in [4.69, 9.17) is 0 Å². The number of nitrogens with one attached hydrogen (secondary N) is 2. The standard InChI is InChI=1S/C19H17F2N5O2/c1-10(27)22-12-4-6-13(7-5-12)23-19(28)15-9-17-24-14(11-2-3-11)8-16(18(20)21)26(17)25-15/h4-9,11,18H,2-3H2,1H3,(H,22,27)(H,23,28). The molecule has 1 saturated carbocycles. The molecule has 28 heavy (non-hydrogen) atoms. The number of alkyl halides is 2. The average molecular weight is 385 g/mol. The molecule has 0 atom stereocenters. The molecule has 4 rings (SSSR count). The van der Waals surface area contributed by atoms with E-state index in [-0.39, 0.29) is 28.9 Å². The summed E-state index contributed by atoms with van der Waals surface area (Å²) in [6, 6.07) is 9.28. The van der Waals surface area contributed by atoms with E-state index in [1.807, 2.05) is 0 Å². The van der Waals surface area contributed by atoms with Crippen molar-refractivity contribution in [3.63, 3.8) is 0 Å². The molecular formula is C19H17F2N5O2. The van der Waals surface area contributed by atoms with Gasteiger partial charge in [0.2, 0.25) is 5.91 Å². The molecule has 1 aromatic carbocycles. The molecular weight excluding hydrogens is 368 g/mol. The van der Waals surface area contributed by atoms with E-state index in [0.717, 1.165) is 17.4 Å². The third-order valence-corrected chi connectivity index (χ3v) is 4.39. The van der Waals surface area contributed by atoms with E-state index in [2.05, 4.69) is 20.7 Å². The zero-order chi connectivity index (χ0) is 19.8. The third kappa shape index (κ3) is 3.68. The number of hydrogen-bond acceptors (Lipinski definition) is 4. The number of fused-ring (bicyclic) bond motifs is 1. The van der Waals surface area contributed by atoms with E-state index < -0.39 is 12.3 Å². The van der Waals surface area contributed by atoms with Gasteiger partial charge in [0, 0.05) is 36.0 Å². The first-order valence-corrected chi connectivity index (χ1v) is 8.78. The van der Waals surface area contributed by atoms with E-state index in [9.17, 15) is 18.4 Å². The number of nitrogens with zero attached hydrogens (tertiary/aromatic N) is 3. The van der Waals surface area contributed by atoms with E-state index >= 15 is 0 Å². The Balaban J connectivity index is 1.59. The second-order valence-corrected chi connectivity index (χ2v) is 6.69. The molecule has 7 nitrogen and oxygen atoms in total. The minimum absolute atomic E-state index is 0.00622. The largest absolute Gasteiger partial charge is 0.326 e. The Labute approximate surface area is 158 Å². The van der Waals surface area contributed by atoms with Crippen molar-refractivity contribution in [2.45, 2.75) is 32.1 Å². The fourth-order valence-electron chi connectivity index (χ4n) is 2.91. The van der Waals surface area contributed by atoms with Crippen LogP contribution in [-0.2, 0) is 4.79 Å². The average Bonchev–Trinajstić information content (AvgIpc) is 3.40. The second kappa shape index (κ2) is 6.99. The molecule has 0 aliphatic heterocycles. The van der Waals surface area contributed by atoms with Gasteiger partial charge in [0.15, 0.2) is 11.3 Å². The number of rotatable bonds is 5. The molecule has 0 unspecified atom stereocenters. The van der Waals surface area contributed by atoms with Crippen LogP contribution in [0.15, 0.2) is 36.4 Å². The highest BCUT2D eigenvalue weighted by molar-refractivity contribution is 6.03. The van der Waals surface area contributed by atoms with Crippen molar-refractivity contribution >= 4 is 28.8 Å². The molecule has 2 heterocycles. The summed E-state index contributed by atoms with van der Waals surface area (Å²) in [5, 5.41) is 9.29. The molecule has 0 saturated heterocycles. The predicted molar refractivity (Wildman–Crippen MR) is 98.6 cm³/mol. The SMILES string of the molecule is CC(=O)Nc1ccc(NC(=O)c2cc3nc(C4CC4)cc(C(F)F)n3n2)cc1. The van der Waals surface area contributed by atoms with Crippen molar-refractivity contribution in [2.75, 3.05) is 10.6 Å². The van der Waals surface area contributed by atoms with Gasteiger partial charge in [-0.3, -0.25) is 9.59 Å². The Morgan fingerprint density at radius 2 is 1.75 bits per heavy atom. The third-order valence-electron chi connectivity index (χ3n) is 4.39. The molecule has 0 spiro atoms. The maximum absolute atomic E-state index is 13.4. The van der Waals surface area contributed by atoms with Crippen LogP contribution in [-0.4, -0.2) is 26.4 Å². The minimum Gasteiger partial charge on any atom is -0.326 e. The van der Waals surface area contributed by atoms with Crippen LogP contribution in [0.25, 0.3) is 5.65 Å². The number of anilines is 2. The number of benzene rings is 1. The smallest absolute Gasteiger partial charge is 0.280 e. The van der Waals surface area contributed by atoms with Crippen molar-refractivity contribution in [1.29, 1.82) is 0 Å². The summed E-state index contributed by atoms with van der Waals surface area (Å²) in [7, 11) is 0. The number of aromatic nitrogens is 3. The highest BCUT2D eigenvalue weighted by atomic mass is 19.3. The summed E-state index contributed by atoms with van der Waals surface area (Å²) < 4.78 is 27.9. The lowest BCUT2D eigenvalue weighted by Crippen LogP contribution is -2.13. The number of hydrogen-bond donors (Lipinski definition) is 2. The van der Waals surface area contributed by atoms with Gasteiger partial charge in [-0.1, -0.05) is 0 Å². The summed E-state index contributed by atoms with van der Waals surface area (Å²) in [6.07, 6.45) is -0.857. The van der Waals surface area contributed by atoms with Gasteiger partial charge in [-0.15, -0.1) is 0 Å². The van der Waals surface area contributed by atoms with Crippen LogP contribution in [0.5, 0.6) is 0 Å². The van der Waals surface area contributed by atoms with Crippen molar-refractivity contribution in [1.82, 2.24) is 14.6 Å². The summed E-state index contributed by atoms with van der Waals surface area (Å²) in [5.41, 5.74) is 1.64. The number of carbonyl (C=O) groups excluding carboxylic acids is 2. The molecule has 3 aromatic rings. The monoisotopic (exact) mass is 385 g/mol. The van der Waals surface area contributed by atoms with Crippen molar-refractivity contribution in [3.05, 3.63) is 53.5 Å². The minimum atomic E-state index is -2.72. The van der Waals surface area contributed by atoms with Crippen molar-refractivity contribution in [2.24, 2.45) is 0 Å². The van der Waals surface area contributed by atoms with Crippen molar-refractivity contribution < 1.29 is 18.4 Å². The summed E-state index contributed by atoms with van der Waals surface area (Å²) in [5.74, 6) is -0.530. The normalized spacial score (nSPS) is 13.7. The van der Waals surface area contributed by atoms with Crippen LogP contribution >= 0.6 is 0 Å². The lowest BCUT2D eigenvalue weighted by Gasteiger charge is -2.06. The molecule has 144 valence electrons. The quantitative estimate of drug-likeness (QED) is 0.700. The Bertz CT molecular complexity index is 1060. The first-order valence-electron chi connectivity index (χ1n) is 8.78. The number of amides is 2. The maximum atomic E-state index is 13.4. The van der Waals surface area contributed by atoms with E-state index in [1.165, 1.54) is 19.1 Å². The van der Waals surface area contributed by atoms with E-state index in [0.29, 0.717) is 17.1 Å². The Morgan fingerprint density at radius 3 is 2.32 bits per heavy atom. The van der Waals surface area contributed by atoms with Gasteiger partial charge >= 0.3 is 0 Å².